The van der Waals surface area contributed by atoms with E-state index in [-0.39, 0.29) is 48.6 Å². The molecule has 2 fully saturated rings. The average molecular weight is 341 g/mol. The number of hydrogen-bond acceptors (Lipinski definition) is 4. The maximum absolute atomic E-state index is 13.1. The minimum Gasteiger partial charge on any atom is -0.396 e. The molecule has 0 bridgehead atoms. The van der Waals surface area contributed by atoms with E-state index < -0.39 is 0 Å². The first-order valence-corrected chi connectivity index (χ1v) is 9.73. The molecule has 140 valence electrons. The van der Waals surface area contributed by atoms with Crippen LogP contribution < -0.4 is 5.32 Å². The number of aliphatic hydroxyl groups excluding tert-OH is 1. The van der Waals surface area contributed by atoms with Crippen molar-refractivity contribution in [3.05, 3.63) is 0 Å². The van der Waals surface area contributed by atoms with Crippen molar-refractivity contribution in [3.63, 3.8) is 0 Å². The summed E-state index contributed by atoms with van der Waals surface area (Å²) < 4.78 is 5.82. The lowest BCUT2D eigenvalue weighted by molar-refractivity contribution is -0.136. The highest BCUT2D eigenvalue weighted by atomic mass is 16.5. The van der Waals surface area contributed by atoms with Crippen LogP contribution in [0, 0.1) is 11.8 Å². The molecular weight excluding hydrogens is 304 g/mol. The van der Waals surface area contributed by atoms with E-state index in [2.05, 4.69) is 37.9 Å². The molecule has 5 unspecified atom stereocenters. The van der Waals surface area contributed by atoms with Crippen molar-refractivity contribution < 1.29 is 14.6 Å². The van der Waals surface area contributed by atoms with Gasteiger partial charge in [-0.25, -0.2) is 0 Å². The molecule has 5 heteroatoms. The predicted octanol–water partition coefficient (Wildman–Crippen LogP) is 2.18. The molecule has 2 aliphatic rings. The number of morpholine rings is 1. The molecule has 1 aliphatic carbocycles. The zero-order valence-corrected chi connectivity index (χ0v) is 15.8. The summed E-state index contributed by atoms with van der Waals surface area (Å²) in [4.78, 5) is 15.3. The van der Waals surface area contributed by atoms with Gasteiger partial charge in [-0.05, 0) is 32.6 Å². The van der Waals surface area contributed by atoms with Crippen LogP contribution in [0.1, 0.15) is 59.8 Å². The van der Waals surface area contributed by atoms with Crippen LogP contribution in [0.3, 0.4) is 0 Å². The van der Waals surface area contributed by atoms with Crippen LogP contribution in [0.4, 0.5) is 0 Å². The van der Waals surface area contributed by atoms with Crippen LogP contribution >= 0.6 is 0 Å². The lowest BCUT2D eigenvalue weighted by Gasteiger charge is -2.41. The van der Waals surface area contributed by atoms with Gasteiger partial charge < -0.3 is 15.2 Å². The highest BCUT2D eigenvalue weighted by molar-refractivity contribution is 5.82. The quantitative estimate of drug-likeness (QED) is 0.753. The molecule has 0 aromatic rings. The SMILES string of the molecule is CC1CN(C(C(=O)NC2CCCCCC2CO)C(C)C)CC(C)O1. The number of carbonyl (C=O) groups excluding carboxylic acids is 1. The van der Waals surface area contributed by atoms with Gasteiger partial charge in [0.15, 0.2) is 0 Å². The van der Waals surface area contributed by atoms with E-state index >= 15 is 0 Å². The standard InChI is InChI=1S/C19H36N2O3/c1-13(2)18(21-10-14(3)24-15(4)11-21)19(23)20-17-9-7-5-6-8-16(17)12-22/h13-18,22H,5-12H2,1-4H3,(H,20,23). The molecule has 1 saturated heterocycles. The fraction of sp³-hybridized carbons (Fsp3) is 0.947. The second kappa shape index (κ2) is 9.16. The molecule has 0 radical (unpaired) electrons. The molecule has 1 aliphatic heterocycles. The zero-order chi connectivity index (χ0) is 17.7. The minimum absolute atomic E-state index is 0.113. The summed E-state index contributed by atoms with van der Waals surface area (Å²) in [7, 11) is 0. The molecule has 2 rings (SSSR count). The third-order valence-corrected chi connectivity index (χ3v) is 5.46. The van der Waals surface area contributed by atoms with Gasteiger partial charge in [-0.2, -0.15) is 0 Å². The number of aliphatic hydroxyl groups is 1. The Morgan fingerprint density at radius 3 is 2.38 bits per heavy atom. The molecule has 0 aromatic heterocycles. The number of carbonyl (C=O) groups is 1. The van der Waals surface area contributed by atoms with E-state index in [1.54, 1.807) is 0 Å². The van der Waals surface area contributed by atoms with Gasteiger partial charge in [0, 0.05) is 31.7 Å². The van der Waals surface area contributed by atoms with Gasteiger partial charge in [-0.1, -0.05) is 33.1 Å². The highest BCUT2D eigenvalue weighted by Crippen LogP contribution is 2.24. The minimum atomic E-state index is -0.124. The Balaban J connectivity index is 2.05. The second-order valence-electron chi connectivity index (χ2n) is 8.10. The Morgan fingerprint density at radius 2 is 1.79 bits per heavy atom. The Labute approximate surface area is 147 Å². The van der Waals surface area contributed by atoms with E-state index in [0.717, 1.165) is 38.8 Å². The number of rotatable bonds is 5. The van der Waals surface area contributed by atoms with E-state index in [0.29, 0.717) is 0 Å². The summed E-state index contributed by atoms with van der Waals surface area (Å²) in [5.41, 5.74) is 0. The van der Waals surface area contributed by atoms with Crippen LogP contribution in [-0.2, 0) is 9.53 Å². The van der Waals surface area contributed by atoms with E-state index in [1.807, 2.05) is 0 Å². The molecule has 1 amide bonds. The summed E-state index contributed by atoms with van der Waals surface area (Å²) in [6.45, 7) is 10.2. The smallest absolute Gasteiger partial charge is 0.237 e. The maximum atomic E-state index is 13.1. The van der Waals surface area contributed by atoms with Gasteiger partial charge in [-0.15, -0.1) is 0 Å². The van der Waals surface area contributed by atoms with Crippen molar-refractivity contribution >= 4 is 5.91 Å². The number of nitrogens with one attached hydrogen (secondary N) is 1. The first-order chi connectivity index (χ1) is 11.4. The molecule has 0 spiro atoms. The lowest BCUT2D eigenvalue weighted by Crippen LogP contribution is -2.58. The van der Waals surface area contributed by atoms with Gasteiger partial charge in [-0.3, -0.25) is 9.69 Å². The highest BCUT2D eigenvalue weighted by Gasteiger charge is 2.36. The summed E-state index contributed by atoms with van der Waals surface area (Å²) in [6.07, 6.45) is 5.81. The fourth-order valence-corrected chi connectivity index (χ4v) is 4.40. The summed E-state index contributed by atoms with van der Waals surface area (Å²) in [5, 5.41) is 13.0. The topological polar surface area (TPSA) is 61.8 Å². The number of nitrogens with zero attached hydrogens (tertiary/aromatic N) is 1. The summed E-state index contributed by atoms with van der Waals surface area (Å²) in [5.74, 6) is 0.573. The predicted molar refractivity (Wildman–Crippen MR) is 95.8 cm³/mol. The van der Waals surface area contributed by atoms with Crippen molar-refractivity contribution in [3.8, 4) is 0 Å². The van der Waals surface area contributed by atoms with Crippen LogP contribution in [0.25, 0.3) is 0 Å². The third kappa shape index (κ3) is 5.17. The van der Waals surface area contributed by atoms with Crippen LogP contribution in [0.2, 0.25) is 0 Å². The van der Waals surface area contributed by atoms with Crippen LogP contribution in [0.15, 0.2) is 0 Å². The van der Waals surface area contributed by atoms with Gasteiger partial charge in [0.25, 0.3) is 0 Å². The van der Waals surface area contributed by atoms with Crippen molar-refractivity contribution in [2.45, 2.75) is 84.1 Å². The Bertz CT molecular complexity index is 392. The number of hydrogen-bond donors (Lipinski definition) is 2. The van der Waals surface area contributed by atoms with Crippen molar-refractivity contribution in [1.29, 1.82) is 0 Å². The lowest BCUT2D eigenvalue weighted by atomic mass is 9.93. The third-order valence-electron chi connectivity index (χ3n) is 5.46. The van der Waals surface area contributed by atoms with E-state index in [1.165, 1.54) is 6.42 Å². The first-order valence-electron chi connectivity index (χ1n) is 9.73. The van der Waals surface area contributed by atoms with Crippen molar-refractivity contribution in [2.75, 3.05) is 19.7 Å². The van der Waals surface area contributed by atoms with Gasteiger partial charge >= 0.3 is 0 Å². The molecular formula is C19H36N2O3. The first kappa shape index (κ1) is 19.7. The molecule has 5 atom stereocenters. The molecule has 1 heterocycles. The fourth-order valence-electron chi connectivity index (χ4n) is 4.40. The molecule has 0 aromatic carbocycles. The number of amides is 1. The Kier molecular flexibility index (Phi) is 7.51. The Hall–Kier alpha value is -0.650. The van der Waals surface area contributed by atoms with E-state index in [9.17, 15) is 9.90 Å². The summed E-state index contributed by atoms with van der Waals surface area (Å²) in [6, 6.07) is -0.0106. The van der Waals surface area contributed by atoms with Crippen LogP contribution in [0.5, 0.6) is 0 Å². The van der Waals surface area contributed by atoms with Crippen molar-refractivity contribution in [1.82, 2.24) is 10.2 Å². The normalized spacial score (nSPS) is 33.9. The summed E-state index contributed by atoms with van der Waals surface area (Å²) >= 11 is 0. The largest absolute Gasteiger partial charge is 0.396 e. The average Bonchev–Trinajstić information content (AvgIpc) is 2.70. The van der Waals surface area contributed by atoms with Gasteiger partial charge in [0.05, 0.1) is 18.2 Å². The van der Waals surface area contributed by atoms with Gasteiger partial charge in [0.1, 0.15) is 0 Å². The second-order valence-corrected chi connectivity index (χ2v) is 8.10. The molecule has 2 N–H and O–H groups in total. The zero-order valence-electron chi connectivity index (χ0n) is 15.8. The van der Waals surface area contributed by atoms with Gasteiger partial charge in [0.2, 0.25) is 5.91 Å². The number of ether oxygens (including phenoxy) is 1. The Morgan fingerprint density at radius 1 is 1.17 bits per heavy atom. The maximum Gasteiger partial charge on any atom is 0.237 e. The molecule has 1 saturated carbocycles. The van der Waals surface area contributed by atoms with E-state index in [4.69, 9.17) is 4.74 Å². The van der Waals surface area contributed by atoms with Crippen molar-refractivity contribution in [2.24, 2.45) is 11.8 Å². The molecule has 5 nitrogen and oxygen atoms in total. The van der Waals surface area contributed by atoms with Crippen LogP contribution in [-0.4, -0.2) is 59.9 Å². The molecule has 24 heavy (non-hydrogen) atoms. The monoisotopic (exact) mass is 340 g/mol.